The molecule has 4 heteroatoms. The number of rotatable bonds is 4. The number of aromatic nitrogens is 2. The summed E-state index contributed by atoms with van der Waals surface area (Å²) >= 11 is 0. The molecule has 0 spiro atoms. The van der Waals surface area contributed by atoms with Gasteiger partial charge in [0.25, 0.3) is 5.82 Å². The van der Waals surface area contributed by atoms with E-state index in [9.17, 15) is 4.39 Å². The SMILES string of the molecule is Cc1cc[nH+]c(NC(c2ccc(F)cc2)c2c(C)[nH]c3ccccc23)c1. The summed E-state index contributed by atoms with van der Waals surface area (Å²) in [6.45, 7) is 4.14. The minimum absolute atomic E-state index is 0.107. The largest absolute Gasteiger partial charge is 0.358 e. The van der Waals surface area contributed by atoms with Crippen LogP contribution in [-0.2, 0) is 0 Å². The van der Waals surface area contributed by atoms with Gasteiger partial charge in [0.1, 0.15) is 11.9 Å². The molecule has 2 aromatic carbocycles. The highest BCUT2D eigenvalue weighted by Gasteiger charge is 2.25. The lowest BCUT2D eigenvalue weighted by Gasteiger charge is -2.16. The van der Waals surface area contributed by atoms with Crippen LogP contribution in [0.25, 0.3) is 10.9 Å². The van der Waals surface area contributed by atoms with Crippen LogP contribution in [0.4, 0.5) is 10.2 Å². The van der Waals surface area contributed by atoms with Crippen molar-refractivity contribution in [3.63, 3.8) is 0 Å². The number of nitrogens with one attached hydrogen (secondary N) is 3. The molecule has 3 N–H and O–H groups in total. The van der Waals surface area contributed by atoms with E-state index in [1.54, 1.807) is 0 Å². The van der Waals surface area contributed by atoms with E-state index in [0.29, 0.717) is 0 Å². The molecule has 3 nitrogen and oxygen atoms in total. The molecule has 0 saturated carbocycles. The zero-order valence-electron chi connectivity index (χ0n) is 14.8. The van der Waals surface area contributed by atoms with Gasteiger partial charge in [-0.15, -0.1) is 0 Å². The molecular weight excluding hydrogens is 325 g/mol. The Morgan fingerprint density at radius 2 is 1.77 bits per heavy atom. The van der Waals surface area contributed by atoms with E-state index in [0.717, 1.165) is 22.6 Å². The zero-order valence-corrected chi connectivity index (χ0v) is 14.8. The molecule has 0 fully saturated rings. The molecular formula is C22H21FN3+. The van der Waals surface area contributed by atoms with E-state index in [2.05, 4.69) is 47.3 Å². The number of para-hydroxylation sites is 1. The van der Waals surface area contributed by atoms with Crippen molar-refractivity contribution in [1.82, 2.24) is 4.98 Å². The third kappa shape index (κ3) is 3.06. The van der Waals surface area contributed by atoms with Crippen LogP contribution in [0, 0.1) is 19.7 Å². The third-order valence-corrected chi connectivity index (χ3v) is 4.69. The summed E-state index contributed by atoms with van der Waals surface area (Å²) in [7, 11) is 0. The van der Waals surface area contributed by atoms with Crippen molar-refractivity contribution in [3.05, 3.63) is 95.1 Å². The highest BCUT2D eigenvalue weighted by Crippen LogP contribution is 2.34. The van der Waals surface area contributed by atoms with Crippen LogP contribution < -0.4 is 10.3 Å². The van der Waals surface area contributed by atoms with Crippen LogP contribution in [0.2, 0.25) is 0 Å². The van der Waals surface area contributed by atoms with Crippen LogP contribution in [0.3, 0.4) is 0 Å². The van der Waals surface area contributed by atoms with Gasteiger partial charge in [0.05, 0.1) is 6.20 Å². The van der Waals surface area contributed by atoms with Crippen molar-refractivity contribution in [1.29, 1.82) is 0 Å². The second-order valence-corrected chi connectivity index (χ2v) is 6.62. The average Bonchev–Trinajstić information content (AvgIpc) is 2.96. The number of H-pyrrole nitrogens is 2. The summed E-state index contributed by atoms with van der Waals surface area (Å²) in [4.78, 5) is 6.72. The van der Waals surface area contributed by atoms with Crippen molar-refractivity contribution < 1.29 is 9.37 Å². The van der Waals surface area contributed by atoms with Gasteiger partial charge < -0.3 is 4.98 Å². The van der Waals surface area contributed by atoms with Crippen molar-refractivity contribution in [3.8, 4) is 0 Å². The molecule has 0 amide bonds. The highest BCUT2D eigenvalue weighted by molar-refractivity contribution is 5.86. The van der Waals surface area contributed by atoms with Crippen LogP contribution in [-0.4, -0.2) is 4.98 Å². The summed E-state index contributed by atoms with van der Waals surface area (Å²) in [6.07, 6.45) is 1.92. The van der Waals surface area contributed by atoms with Gasteiger partial charge in [-0.2, -0.15) is 0 Å². The molecule has 0 radical (unpaired) electrons. The number of pyridine rings is 1. The minimum Gasteiger partial charge on any atom is -0.358 e. The first-order chi connectivity index (χ1) is 12.6. The van der Waals surface area contributed by atoms with Gasteiger partial charge in [-0.05, 0) is 43.7 Å². The molecule has 0 saturated heterocycles. The number of hydrogen-bond acceptors (Lipinski definition) is 1. The Kier molecular flexibility index (Phi) is 4.17. The molecule has 1 unspecified atom stereocenters. The van der Waals surface area contributed by atoms with Crippen molar-refractivity contribution in [2.24, 2.45) is 0 Å². The topological polar surface area (TPSA) is 42.0 Å². The smallest absolute Gasteiger partial charge is 0.273 e. The number of halogens is 1. The maximum atomic E-state index is 13.5. The predicted molar refractivity (Wildman–Crippen MR) is 103 cm³/mol. The quantitative estimate of drug-likeness (QED) is 0.540. The Morgan fingerprint density at radius 1 is 1.00 bits per heavy atom. The molecule has 2 heterocycles. The second-order valence-electron chi connectivity index (χ2n) is 6.62. The number of aromatic amines is 2. The Bertz CT molecular complexity index is 1050. The Labute approximate surface area is 151 Å². The number of aryl methyl sites for hydroxylation is 2. The molecule has 0 aliphatic carbocycles. The van der Waals surface area contributed by atoms with Gasteiger partial charge in [-0.1, -0.05) is 30.3 Å². The number of benzene rings is 2. The van der Waals surface area contributed by atoms with E-state index >= 15 is 0 Å². The van der Waals surface area contributed by atoms with Crippen molar-refractivity contribution in [2.45, 2.75) is 19.9 Å². The Hall–Kier alpha value is -3.14. The molecule has 0 aliphatic rings. The van der Waals surface area contributed by atoms with E-state index in [1.807, 2.05) is 36.5 Å². The first kappa shape index (κ1) is 16.3. The van der Waals surface area contributed by atoms with Crippen LogP contribution in [0.5, 0.6) is 0 Å². The van der Waals surface area contributed by atoms with E-state index in [-0.39, 0.29) is 11.9 Å². The lowest BCUT2D eigenvalue weighted by Crippen LogP contribution is -2.19. The van der Waals surface area contributed by atoms with Gasteiger partial charge in [0, 0.05) is 33.8 Å². The summed E-state index contributed by atoms with van der Waals surface area (Å²) < 4.78 is 13.5. The standard InChI is InChI=1S/C22H20FN3/c1-14-11-12-24-20(13-14)26-22(16-7-9-17(23)10-8-16)21-15(2)25-19-6-4-3-5-18(19)21/h3-13,22,25H,1-2H3,(H,24,26)/p+1. The maximum absolute atomic E-state index is 13.5. The Balaban J connectivity index is 1.87. The van der Waals surface area contributed by atoms with Crippen LogP contribution in [0.15, 0.2) is 66.9 Å². The van der Waals surface area contributed by atoms with E-state index in [1.165, 1.54) is 28.6 Å². The molecule has 2 aromatic heterocycles. The highest BCUT2D eigenvalue weighted by atomic mass is 19.1. The molecule has 130 valence electrons. The molecule has 4 aromatic rings. The van der Waals surface area contributed by atoms with Crippen molar-refractivity contribution in [2.75, 3.05) is 5.32 Å². The van der Waals surface area contributed by atoms with E-state index < -0.39 is 0 Å². The average molecular weight is 346 g/mol. The summed E-state index contributed by atoms with van der Waals surface area (Å²) in [5.74, 6) is 0.689. The monoisotopic (exact) mass is 346 g/mol. The zero-order chi connectivity index (χ0) is 18.1. The summed E-state index contributed by atoms with van der Waals surface area (Å²) in [5.41, 5.74) is 5.54. The number of hydrogen-bond donors (Lipinski definition) is 2. The minimum atomic E-state index is -0.231. The third-order valence-electron chi connectivity index (χ3n) is 4.69. The Morgan fingerprint density at radius 3 is 2.54 bits per heavy atom. The molecule has 26 heavy (non-hydrogen) atoms. The fraction of sp³-hybridized carbons (Fsp3) is 0.136. The fourth-order valence-electron chi connectivity index (χ4n) is 3.47. The molecule has 1 atom stereocenters. The lowest BCUT2D eigenvalue weighted by atomic mass is 9.96. The van der Waals surface area contributed by atoms with Gasteiger partial charge >= 0.3 is 0 Å². The van der Waals surface area contributed by atoms with Gasteiger partial charge in [-0.25, -0.2) is 9.37 Å². The normalized spacial score (nSPS) is 12.3. The first-order valence-corrected chi connectivity index (χ1v) is 8.69. The summed E-state index contributed by atoms with van der Waals surface area (Å²) in [6, 6.07) is 18.9. The number of fused-ring (bicyclic) bond motifs is 1. The van der Waals surface area contributed by atoms with Crippen LogP contribution in [0.1, 0.15) is 28.4 Å². The van der Waals surface area contributed by atoms with Gasteiger partial charge in [0.15, 0.2) is 0 Å². The molecule has 0 aliphatic heterocycles. The van der Waals surface area contributed by atoms with E-state index in [4.69, 9.17) is 0 Å². The summed E-state index contributed by atoms with van der Waals surface area (Å²) in [5, 5.41) is 4.76. The first-order valence-electron chi connectivity index (χ1n) is 8.69. The number of anilines is 1. The lowest BCUT2D eigenvalue weighted by molar-refractivity contribution is -0.361. The predicted octanol–water partition coefficient (Wildman–Crippen LogP) is 4.94. The maximum Gasteiger partial charge on any atom is 0.273 e. The van der Waals surface area contributed by atoms with Crippen LogP contribution >= 0.6 is 0 Å². The molecule has 0 bridgehead atoms. The van der Waals surface area contributed by atoms with Gasteiger partial charge in [0.2, 0.25) is 0 Å². The van der Waals surface area contributed by atoms with Crippen molar-refractivity contribution >= 4 is 16.7 Å². The second kappa shape index (κ2) is 6.64. The molecule has 4 rings (SSSR count). The fourth-order valence-corrected chi connectivity index (χ4v) is 3.47. The van der Waals surface area contributed by atoms with Gasteiger partial charge in [-0.3, -0.25) is 5.32 Å².